The van der Waals surface area contributed by atoms with Gasteiger partial charge in [0.05, 0.1) is 13.2 Å². The van der Waals surface area contributed by atoms with E-state index in [4.69, 9.17) is 9.84 Å². The van der Waals surface area contributed by atoms with Gasteiger partial charge in [-0.2, -0.15) is 0 Å². The Hall–Kier alpha value is -0.610. The zero-order valence-corrected chi connectivity index (χ0v) is 9.62. The van der Waals surface area contributed by atoms with Crippen molar-refractivity contribution in [1.82, 2.24) is 0 Å². The molecule has 4 heteroatoms. The van der Waals surface area contributed by atoms with Gasteiger partial charge in [0.2, 0.25) is 0 Å². The van der Waals surface area contributed by atoms with Crippen LogP contribution in [0.15, 0.2) is 0 Å². The average molecular weight is 216 g/mol. The molecule has 1 aliphatic rings. The maximum atomic E-state index is 11.3. The molecule has 2 unspecified atom stereocenters. The molecule has 4 nitrogen and oxygen atoms in total. The van der Waals surface area contributed by atoms with E-state index in [1.54, 1.807) is 0 Å². The number of carboxylic acid groups (broad SMARTS) is 1. The molecule has 0 aromatic carbocycles. The molecule has 0 aromatic rings. The number of hydrogen-bond donors (Lipinski definition) is 2. The Morgan fingerprint density at radius 1 is 1.53 bits per heavy atom. The summed E-state index contributed by atoms with van der Waals surface area (Å²) in [4.78, 5) is 11.3. The highest BCUT2D eigenvalue weighted by molar-refractivity contribution is 5.78. The van der Waals surface area contributed by atoms with E-state index in [0.29, 0.717) is 6.42 Å². The normalized spacial score (nSPS) is 34.3. The lowest BCUT2D eigenvalue weighted by Gasteiger charge is -2.29. The Balaban J connectivity index is 2.87. The smallest absolute Gasteiger partial charge is 0.336 e. The van der Waals surface area contributed by atoms with Gasteiger partial charge in [-0.15, -0.1) is 0 Å². The van der Waals surface area contributed by atoms with Crippen LogP contribution in [-0.2, 0) is 9.53 Å². The van der Waals surface area contributed by atoms with E-state index in [9.17, 15) is 9.90 Å². The number of hydrogen-bond acceptors (Lipinski definition) is 3. The molecule has 88 valence electrons. The molecule has 0 heterocycles. The van der Waals surface area contributed by atoms with Crippen molar-refractivity contribution >= 4 is 5.97 Å². The van der Waals surface area contributed by atoms with E-state index in [-0.39, 0.29) is 24.5 Å². The molecule has 2 N–H and O–H groups in total. The number of aliphatic hydroxyl groups excluding tert-OH is 1. The summed E-state index contributed by atoms with van der Waals surface area (Å²) in [5.41, 5.74) is -1.11. The van der Waals surface area contributed by atoms with Crippen LogP contribution in [0.5, 0.6) is 0 Å². The number of carbonyl (C=O) groups is 1. The molecule has 2 atom stereocenters. The fourth-order valence-electron chi connectivity index (χ4n) is 2.72. The van der Waals surface area contributed by atoms with Crippen LogP contribution in [0.25, 0.3) is 0 Å². The van der Waals surface area contributed by atoms with E-state index in [2.05, 4.69) is 13.8 Å². The minimum Gasteiger partial charge on any atom is -0.479 e. The van der Waals surface area contributed by atoms with Gasteiger partial charge in [-0.1, -0.05) is 20.8 Å². The van der Waals surface area contributed by atoms with Crippen LogP contribution in [0, 0.1) is 11.3 Å². The Labute approximate surface area is 90.2 Å². The SMILES string of the molecule is CC1CC(C)(C)CC1(OCCO)C(=O)O. The predicted molar refractivity (Wildman–Crippen MR) is 55.6 cm³/mol. The van der Waals surface area contributed by atoms with Crippen molar-refractivity contribution in [3.8, 4) is 0 Å². The third-order valence-electron chi connectivity index (χ3n) is 3.21. The van der Waals surface area contributed by atoms with Crippen LogP contribution in [0.3, 0.4) is 0 Å². The minimum absolute atomic E-state index is 0.00668. The minimum atomic E-state index is -1.10. The molecular weight excluding hydrogens is 196 g/mol. The third kappa shape index (κ3) is 2.32. The summed E-state index contributed by atoms with van der Waals surface area (Å²) in [5.74, 6) is -0.925. The van der Waals surface area contributed by atoms with E-state index in [1.807, 2.05) is 6.92 Å². The topological polar surface area (TPSA) is 66.8 Å². The monoisotopic (exact) mass is 216 g/mol. The Morgan fingerprint density at radius 2 is 2.13 bits per heavy atom. The summed E-state index contributed by atoms with van der Waals surface area (Å²) in [6.45, 7) is 5.96. The van der Waals surface area contributed by atoms with E-state index in [1.165, 1.54) is 0 Å². The van der Waals surface area contributed by atoms with Crippen LogP contribution >= 0.6 is 0 Å². The van der Waals surface area contributed by atoms with Crippen LogP contribution in [0.2, 0.25) is 0 Å². The summed E-state index contributed by atoms with van der Waals surface area (Å²) >= 11 is 0. The second kappa shape index (κ2) is 4.10. The molecule has 1 aliphatic carbocycles. The van der Waals surface area contributed by atoms with Gasteiger partial charge in [0, 0.05) is 0 Å². The molecule has 0 spiro atoms. The zero-order valence-electron chi connectivity index (χ0n) is 9.62. The number of carboxylic acids is 1. The number of ether oxygens (including phenoxy) is 1. The van der Waals surface area contributed by atoms with Crippen molar-refractivity contribution in [3.05, 3.63) is 0 Å². The molecule has 1 rings (SSSR count). The van der Waals surface area contributed by atoms with Crippen LogP contribution in [0.4, 0.5) is 0 Å². The van der Waals surface area contributed by atoms with Crippen molar-refractivity contribution < 1.29 is 19.7 Å². The van der Waals surface area contributed by atoms with E-state index >= 15 is 0 Å². The zero-order chi connectivity index (χ0) is 11.7. The highest BCUT2D eigenvalue weighted by atomic mass is 16.5. The van der Waals surface area contributed by atoms with Crippen LogP contribution in [0.1, 0.15) is 33.6 Å². The molecule has 0 aliphatic heterocycles. The average Bonchev–Trinajstić information content (AvgIpc) is 2.33. The standard InChI is InChI=1S/C11H20O4/c1-8-6-10(2,3)7-11(8,9(13)14)15-5-4-12/h8,12H,4-7H2,1-3H3,(H,13,14). The van der Waals surface area contributed by atoms with Crippen molar-refractivity contribution in [2.45, 2.75) is 39.2 Å². The van der Waals surface area contributed by atoms with Crippen molar-refractivity contribution in [1.29, 1.82) is 0 Å². The van der Waals surface area contributed by atoms with Crippen molar-refractivity contribution in [3.63, 3.8) is 0 Å². The first-order chi connectivity index (χ1) is 6.84. The van der Waals surface area contributed by atoms with E-state index in [0.717, 1.165) is 6.42 Å². The Kier molecular flexibility index (Phi) is 3.41. The Bertz CT molecular complexity index is 249. The maximum Gasteiger partial charge on any atom is 0.336 e. The molecule has 1 fully saturated rings. The summed E-state index contributed by atoms with van der Waals surface area (Å²) in [6, 6.07) is 0. The van der Waals surface area contributed by atoms with Gasteiger partial charge in [-0.3, -0.25) is 0 Å². The molecule has 0 bridgehead atoms. The molecule has 15 heavy (non-hydrogen) atoms. The molecule has 0 saturated heterocycles. The van der Waals surface area contributed by atoms with E-state index < -0.39 is 11.6 Å². The first-order valence-electron chi connectivity index (χ1n) is 5.32. The fraction of sp³-hybridized carbons (Fsp3) is 0.909. The lowest BCUT2D eigenvalue weighted by atomic mass is 9.89. The van der Waals surface area contributed by atoms with Crippen molar-refractivity contribution in [2.24, 2.45) is 11.3 Å². The predicted octanol–water partition coefficient (Wildman–Crippen LogP) is 1.27. The lowest BCUT2D eigenvalue weighted by molar-refractivity contribution is -0.173. The molecule has 0 radical (unpaired) electrons. The largest absolute Gasteiger partial charge is 0.479 e. The van der Waals surface area contributed by atoms with Crippen LogP contribution in [-0.4, -0.2) is 35.0 Å². The van der Waals surface area contributed by atoms with Crippen LogP contribution < -0.4 is 0 Å². The van der Waals surface area contributed by atoms with Gasteiger partial charge in [-0.05, 0) is 24.2 Å². The first-order valence-corrected chi connectivity index (χ1v) is 5.32. The third-order valence-corrected chi connectivity index (χ3v) is 3.21. The number of aliphatic hydroxyl groups is 1. The van der Waals surface area contributed by atoms with Gasteiger partial charge in [0.25, 0.3) is 0 Å². The molecule has 1 saturated carbocycles. The number of aliphatic carboxylic acids is 1. The first kappa shape index (κ1) is 12.5. The van der Waals surface area contributed by atoms with Gasteiger partial charge < -0.3 is 14.9 Å². The molecule has 0 amide bonds. The lowest BCUT2D eigenvalue weighted by Crippen LogP contribution is -2.45. The second-order valence-corrected chi connectivity index (χ2v) is 5.21. The van der Waals surface area contributed by atoms with Gasteiger partial charge in [-0.25, -0.2) is 4.79 Å². The van der Waals surface area contributed by atoms with Gasteiger partial charge in [0.15, 0.2) is 5.60 Å². The highest BCUT2D eigenvalue weighted by Gasteiger charge is 2.54. The maximum absolute atomic E-state index is 11.3. The Morgan fingerprint density at radius 3 is 2.47 bits per heavy atom. The summed E-state index contributed by atoms with van der Waals surface area (Å²) in [5, 5.41) is 18.0. The summed E-state index contributed by atoms with van der Waals surface area (Å²) in [7, 11) is 0. The number of rotatable bonds is 4. The summed E-state index contributed by atoms with van der Waals surface area (Å²) < 4.78 is 5.40. The van der Waals surface area contributed by atoms with Gasteiger partial charge >= 0.3 is 5.97 Å². The van der Waals surface area contributed by atoms with Crippen molar-refractivity contribution in [2.75, 3.05) is 13.2 Å². The quantitative estimate of drug-likeness (QED) is 0.742. The second-order valence-electron chi connectivity index (χ2n) is 5.21. The fourth-order valence-corrected chi connectivity index (χ4v) is 2.72. The summed E-state index contributed by atoms with van der Waals surface area (Å²) in [6.07, 6.45) is 1.35. The van der Waals surface area contributed by atoms with Gasteiger partial charge in [0.1, 0.15) is 0 Å². The molecular formula is C11H20O4. The highest BCUT2D eigenvalue weighted by Crippen LogP contribution is 2.49. The molecule has 0 aromatic heterocycles.